The van der Waals surface area contributed by atoms with Crippen LogP contribution in [0.25, 0.3) is 0 Å². The van der Waals surface area contributed by atoms with Gasteiger partial charge in [0.2, 0.25) is 0 Å². The molecule has 0 atom stereocenters. The molecule has 0 saturated heterocycles. The van der Waals surface area contributed by atoms with E-state index in [4.69, 9.17) is 14.2 Å². The molecule has 0 heterocycles. The Morgan fingerprint density at radius 1 is 1.18 bits per heavy atom. The Morgan fingerprint density at radius 3 is 2.41 bits per heavy atom. The van der Waals surface area contributed by atoms with Gasteiger partial charge < -0.3 is 14.2 Å². The normalized spacial score (nSPS) is 13.5. The Balaban J connectivity index is 1.58. The average molecular weight is 304 g/mol. The number of benzene rings is 1. The summed E-state index contributed by atoms with van der Waals surface area (Å²) in [5.41, 5.74) is 2.87. The summed E-state index contributed by atoms with van der Waals surface area (Å²) in [6, 6.07) is 8.18. The first-order valence-corrected chi connectivity index (χ1v) is 7.23. The zero-order valence-corrected chi connectivity index (χ0v) is 12.7. The lowest BCUT2D eigenvalue weighted by Gasteiger charge is -2.11. The molecule has 1 aromatic rings. The summed E-state index contributed by atoms with van der Waals surface area (Å²) < 4.78 is 15.3. The number of fused-ring (bicyclic) bond motifs is 1. The second-order valence-corrected chi connectivity index (χ2v) is 5.27. The fraction of sp³-hybridized carbons (Fsp3) is 0.412. The van der Waals surface area contributed by atoms with E-state index in [0.717, 1.165) is 12.8 Å². The quantitative estimate of drug-likeness (QED) is 0.439. The van der Waals surface area contributed by atoms with Crippen molar-refractivity contribution < 1.29 is 23.8 Å². The first kappa shape index (κ1) is 16.2. The number of carbonyl (C=O) groups is 2. The lowest BCUT2D eigenvalue weighted by molar-refractivity contribution is -0.162. The van der Waals surface area contributed by atoms with Crippen LogP contribution in [0.15, 0.2) is 36.4 Å². The molecular weight excluding hydrogens is 284 g/mol. The van der Waals surface area contributed by atoms with E-state index in [2.05, 4.69) is 18.7 Å². The molecule has 0 radical (unpaired) electrons. The second-order valence-electron chi connectivity index (χ2n) is 5.27. The zero-order valence-electron chi connectivity index (χ0n) is 12.7. The fourth-order valence-electron chi connectivity index (χ4n) is 2.25. The minimum atomic E-state index is -0.507. The summed E-state index contributed by atoms with van der Waals surface area (Å²) in [6.07, 6.45) is 1.73. The third kappa shape index (κ3) is 4.70. The summed E-state index contributed by atoms with van der Waals surface area (Å²) in [5.74, 6) is -0.960. The molecule has 0 amide bonds. The summed E-state index contributed by atoms with van der Waals surface area (Å²) in [5, 5.41) is 0. The lowest BCUT2D eigenvalue weighted by Crippen LogP contribution is -2.18. The maximum absolute atomic E-state index is 11.5. The Morgan fingerprint density at radius 2 is 1.82 bits per heavy atom. The molecule has 2 rings (SSSR count). The molecular formula is C17H20O5. The largest absolute Gasteiger partial charge is 0.462 e. The van der Waals surface area contributed by atoms with Crippen LogP contribution in [-0.4, -0.2) is 31.4 Å². The van der Waals surface area contributed by atoms with Crippen molar-refractivity contribution in [2.24, 2.45) is 0 Å². The average Bonchev–Trinajstić information content (AvgIpc) is 2.89. The Bertz CT molecular complexity index is 539. The van der Waals surface area contributed by atoms with Gasteiger partial charge in [-0.25, -0.2) is 4.79 Å². The molecule has 118 valence electrons. The van der Waals surface area contributed by atoms with Gasteiger partial charge in [-0.3, -0.25) is 4.79 Å². The van der Waals surface area contributed by atoms with Crippen LogP contribution in [0.5, 0.6) is 0 Å². The van der Waals surface area contributed by atoms with Crippen molar-refractivity contribution in [3.8, 4) is 0 Å². The number of ether oxygens (including phenoxy) is 3. The van der Waals surface area contributed by atoms with Crippen LogP contribution in [0.3, 0.4) is 0 Å². The van der Waals surface area contributed by atoms with Crippen molar-refractivity contribution in [2.45, 2.75) is 32.3 Å². The minimum Gasteiger partial charge on any atom is -0.462 e. The predicted molar refractivity (Wildman–Crippen MR) is 80.1 cm³/mol. The Hall–Kier alpha value is -2.14. The number of hydrogen-bond acceptors (Lipinski definition) is 5. The molecule has 0 saturated carbocycles. The fourth-order valence-corrected chi connectivity index (χ4v) is 2.25. The van der Waals surface area contributed by atoms with Crippen LogP contribution in [0.2, 0.25) is 0 Å². The van der Waals surface area contributed by atoms with Gasteiger partial charge in [0.15, 0.2) is 6.79 Å². The van der Waals surface area contributed by atoms with Crippen molar-refractivity contribution in [2.75, 3.05) is 13.4 Å². The zero-order chi connectivity index (χ0) is 15.9. The molecule has 5 heteroatoms. The van der Waals surface area contributed by atoms with Crippen LogP contribution >= 0.6 is 0 Å². The van der Waals surface area contributed by atoms with Crippen LogP contribution in [0.4, 0.5) is 0 Å². The van der Waals surface area contributed by atoms with E-state index in [1.54, 1.807) is 6.92 Å². The molecule has 5 nitrogen and oxygen atoms in total. The van der Waals surface area contributed by atoms with Crippen molar-refractivity contribution in [3.63, 3.8) is 0 Å². The maximum Gasteiger partial charge on any atom is 0.333 e. The summed E-state index contributed by atoms with van der Waals surface area (Å²) in [4.78, 5) is 22.6. The number of esters is 2. The van der Waals surface area contributed by atoms with Crippen molar-refractivity contribution in [1.82, 2.24) is 0 Å². The highest BCUT2D eigenvalue weighted by Gasteiger charge is 2.21. The molecule has 0 aromatic heterocycles. The van der Waals surface area contributed by atoms with Gasteiger partial charge in [-0.05, 0) is 30.9 Å². The molecule has 0 aliphatic heterocycles. The topological polar surface area (TPSA) is 61.8 Å². The van der Waals surface area contributed by atoms with Gasteiger partial charge in [-0.2, -0.15) is 0 Å². The van der Waals surface area contributed by atoms with Gasteiger partial charge in [0.25, 0.3) is 0 Å². The molecule has 0 fully saturated rings. The monoisotopic (exact) mass is 304 g/mol. The summed E-state index contributed by atoms with van der Waals surface area (Å²) >= 11 is 0. The van der Waals surface area contributed by atoms with Gasteiger partial charge in [-0.15, -0.1) is 0 Å². The molecule has 0 N–H and O–H groups in total. The Kier molecular flexibility index (Phi) is 5.72. The Labute approximate surface area is 129 Å². The highest BCUT2D eigenvalue weighted by atomic mass is 16.7. The molecule has 1 aromatic carbocycles. The van der Waals surface area contributed by atoms with Gasteiger partial charge in [0.05, 0.1) is 12.5 Å². The molecule has 0 bridgehead atoms. The van der Waals surface area contributed by atoms with E-state index in [9.17, 15) is 9.59 Å². The molecule has 22 heavy (non-hydrogen) atoms. The standard InChI is InChI=1S/C17H20O5/c1-12(2)17(19)20-8-7-16(18)22-11-21-15-9-13-5-3-4-6-14(13)10-15/h3-6,15H,1,7-11H2,2H3. The smallest absolute Gasteiger partial charge is 0.333 e. The van der Waals surface area contributed by atoms with E-state index in [-0.39, 0.29) is 25.9 Å². The van der Waals surface area contributed by atoms with Gasteiger partial charge in [0, 0.05) is 5.57 Å². The maximum atomic E-state index is 11.5. The number of hydrogen-bond donors (Lipinski definition) is 0. The molecule has 1 aliphatic rings. The van der Waals surface area contributed by atoms with Crippen LogP contribution < -0.4 is 0 Å². The van der Waals surface area contributed by atoms with E-state index in [0.29, 0.717) is 5.57 Å². The highest BCUT2D eigenvalue weighted by Crippen LogP contribution is 2.23. The van der Waals surface area contributed by atoms with Crippen molar-refractivity contribution in [1.29, 1.82) is 0 Å². The number of rotatable bonds is 7. The first-order valence-electron chi connectivity index (χ1n) is 7.23. The summed E-state index contributed by atoms with van der Waals surface area (Å²) in [7, 11) is 0. The van der Waals surface area contributed by atoms with Crippen LogP contribution in [0.1, 0.15) is 24.5 Å². The van der Waals surface area contributed by atoms with Crippen molar-refractivity contribution in [3.05, 3.63) is 47.5 Å². The van der Waals surface area contributed by atoms with Gasteiger partial charge in [-0.1, -0.05) is 30.8 Å². The third-order valence-electron chi connectivity index (χ3n) is 3.43. The van der Waals surface area contributed by atoms with Crippen LogP contribution in [0, 0.1) is 0 Å². The SMILES string of the molecule is C=C(C)C(=O)OCCC(=O)OCOC1Cc2ccccc2C1. The van der Waals surface area contributed by atoms with E-state index >= 15 is 0 Å². The minimum absolute atomic E-state index is 0.00721. The van der Waals surface area contributed by atoms with E-state index in [1.807, 2.05) is 12.1 Å². The molecule has 0 unspecified atom stereocenters. The van der Waals surface area contributed by atoms with E-state index < -0.39 is 11.9 Å². The second kappa shape index (κ2) is 7.75. The predicted octanol–water partition coefficient (Wildman–Crippen LogP) is 2.18. The van der Waals surface area contributed by atoms with Gasteiger partial charge in [0.1, 0.15) is 6.61 Å². The van der Waals surface area contributed by atoms with Crippen molar-refractivity contribution >= 4 is 11.9 Å². The van der Waals surface area contributed by atoms with E-state index in [1.165, 1.54) is 11.1 Å². The molecule has 1 aliphatic carbocycles. The third-order valence-corrected chi connectivity index (χ3v) is 3.43. The first-order chi connectivity index (χ1) is 10.6. The van der Waals surface area contributed by atoms with Crippen LogP contribution in [-0.2, 0) is 36.6 Å². The molecule has 0 spiro atoms. The summed E-state index contributed by atoms with van der Waals surface area (Å²) in [6.45, 7) is 4.91. The lowest BCUT2D eigenvalue weighted by atomic mass is 10.1. The van der Waals surface area contributed by atoms with Gasteiger partial charge >= 0.3 is 11.9 Å². The number of carbonyl (C=O) groups excluding carboxylic acids is 2. The highest BCUT2D eigenvalue weighted by molar-refractivity contribution is 5.87.